The summed E-state index contributed by atoms with van der Waals surface area (Å²) in [6.07, 6.45) is -10.9. The van der Waals surface area contributed by atoms with Gasteiger partial charge in [-0.1, -0.05) is 12.8 Å². The maximum atomic E-state index is 12.4. The van der Waals surface area contributed by atoms with Crippen molar-refractivity contribution in [2.75, 3.05) is 43.9 Å². The maximum Gasteiger partial charge on any atom is 0.481 e. The van der Waals surface area contributed by atoms with E-state index in [2.05, 4.69) is 34.4 Å². The molecule has 2 aromatic rings. The molecule has 0 saturated carbocycles. The summed E-state index contributed by atoms with van der Waals surface area (Å²) in [4.78, 5) is 43.1. The van der Waals surface area contributed by atoms with Crippen molar-refractivity contribution in [1.29, 1.82) is 0 Å². The van der Waals surface area contributed by atoms with Crippen LogP contribution in [0.15, 0.2) is 6.33 Å². The van der Waals surface area contributed by atoms with Gasteiger partial charge in [-0.05, 0) is 12.8 Å². The fourth-order valence-electron chi connectivity index (χ4n) is 4.94. The number of carbonyl (C=O) groups excluding carboxylic acids is 1. The number of nitrogens with zero attached hydrogens (tertiary/aromatic N) is 4. The van der Waals surface area contributed by atoms with Crippen LogP contribution in [0.4, 0.5) is 24.9 Å². The zero-order chi connectivity index (χ0) is 36.1. The number of carbonyl (C=O) groups is 1. The topological polar surface area (TPSA) is 315 Å². The Balaban J connectivity index is 1.33. The van der Waals surface area contributed by atoms with E-state index in [0.29, 0.717) is 25.7 Å². The Labute approximate surface area is 275 Å². The Morgan fingerprint density at radius 2 is 1.67 bits per heavy atom. The number of rotatable bonds is 17. The van der Waals surface area contributed by atoms with Gasteiger partial charge in [-0.15, -0.1) is 0 Å². The van der Waals surface area contributed by atoms with Gasteiger partial charge in [0.1, 0.15) is 24.6 Å². The van der Waals surface area contributed by atoms with E-state index in [4.69, 9.17) is 15.0 Å². The smallest absolute Gasteiger partial charge is 0.389 e. The molecule has 0 bridgehead atoms. The number of aliphatic hydroxyl groups is 4. The van der Waals surface area contributed by atoms with Gasteiger partial charge in [0, 0.05) is 19.6 Å². The number of aliphatic hydroxyl groups excluding tert-OH is 4. The number of alkyl halides is 3. The van der Waals surface area contributed by atoms with E-state index in [-0.39, 0.29) is 42.6 Å². The number of aromatic nitrogens is 4. The Morgan fingerprint density at radius 3 is 2.31 bits per heavy atom. The van der Waals surface area contributed by atoms with Crippen LogP contribution >= 0.6 is 15.6 Å². The van der Waals surface area contributed by atoms with Gasteiger partial charge in [0.15, 0.2) is 23.2 Å². The molecule has 2 aliphatic rings. The van der Waals surface area contributed by atoms with Crippen molar-refractivity contribution in [3.63, 3.8) is 0 Å². The molecular weight excluding hydrogens is 715 g/mol. The number of ether oxygens (including phenoxy) is 1. The number of phosphoric acid groups is 2. The molecule has 2 aliphatic heterocycles. The highest BCUT2D eigenvalue weighted by Crippen LogP contribution is 2.60. The summed E-state index contributed by atoms with van der Waals surface area (Å²) < 4.78 is 82.1. The van der Waals surface area contributed by atoms with Crippen molar-refractivity contribution in [3.05, 3.63) is 6.33 Å². The number of nitrogen functional groups attached to an aromatic ring is 1. The van der Waals surface area contributed by atoms with Crippen LogP contribution in [0.25, 0.3) is 11.2 Å². The number of fused-ring (bicyclic) bond motifs is 1. The molecule has 4 heterocycles. The fourth-order valence-corrected chi connectivity index (χ4v) is 7.04. The van der Waals surface area contributed by atoms with Crippen LogP contribution < -0.4 is 21.7 Å². The molecule has 26 heteroatoms. The van der Waals surface area contributed by atoms with E-state index < -0.39 is 83.7 Å². The third kappa shape index (κ3) is 10.3. The minimum absolute atomic E-state index is 0.0288. The van der Waals surface area contributed by atoms with Crippen molar-refractivity contribution >= 4 is 44.5 Å². The number of nitrogens with two attached hydrogens (primary N) is 1. The number of phosphoric ester groups is 2. The van der Waals surface area contributed by atoms with Crippen molar-refractivity contribution < 1.29 is 75.4 Å². The number of halogens is 3. The molecular formula is C23H37F3N8O13P2. The molecule has 0 aliphatic carbocycles. The molecule has 2 saturated heterocycles. The van der Waals surface area contributed by atoms with E-state index in [9.17, 15) is 57.3 Å². The molecule has 0 spiro atoms. The second-order valence-corrected chi connectivity index (χ2v) is 14.1. The number of anilines is 2. The lowest BCUT2D eigenvalue weighted by Crippen LogP contribution is -2.37. The summed E-state index contributed by atoms with van der Waals surface area (Å²) >= 11 is 0. The Bertz CT molecular complexity index is 1540. The zero-order valence-electron chi connectivity index (χ0n) is 25.4. The number of nitrogens with one attached hydrogen (secondary N) is 3. The zero-order valence-corrected chi connectivity index (χ0v) is 27.2. The van der Waals surface area contributed by atoms with Gasteiger partial charge in [-0.25, -0.2) is 24.1 Å². The highest BCUT2D eigenvalue weighted by molar-refractivity contribution is 7.61. The quantitative estimate of drug-likeness (QED) is 0.0658. The summed E-state index contributed by atoms with van der Waals surface area (Å²) in [5.74, 6) is -1.99. The van der Waals surface area contributed by atoms with Crippen LogP contribution in [-0.4, -0.2) is 131 Å². The molecule has 9 atom stereocenters. The Morgan fingerprint density at radius 1 is 1.02 bits per heavy atom. The van der Waals surface area contributed by atoms with E-state index in [1.54, 1.807) is 5.32 Å². The first-order valence-corrected chi connectivity index (χ1v) is 17.7. The van der Waals surface area contributed by atoms with E-state index >= 15 is 0 Å². The van der Waals surface area contributed by atoms with Crippen molar-refractivity contribution in [2.24, 2.45) is 0 Å². The monoisotopic (exact) mass is 752 g/mol. The average Bonchev–Trinajstić information content (AvgIpc) is 3.64. The normalized spacial score (nSPS) is 28.4. The van der Waals surface area contributed by atoms with Gasteiger partial charge < -0.3 is 56.6 Å². The Hall–Kier alpha value is -2.57. The van der Waals surface area contributed by atoms with Gasteiger partial charge in [0.2, 0.25) is 5.95 Å². The molecule has 21 nitrogen and oxygen atoms in total. The third-order valence-electron chi connectivity index (χ3n) is 7.45. The highest BCUT2D eigenvalue weighted by Gasteiger charge is 2.47. The lowest BCUT2D eigenvalue weighted by atomic mass is 10.1. The molecule has 2 aromatic heterocycles. The van der Waals surface area contributed by atoms with Crippen LogP contribution in [0.1, 0.15) is 31.9 Å². The van der Waals surface area contributed by atoms with Crippen molar-refractivity contribution in [2.45, 2.75) is 74.6 Å². The van der Waals surface area contributed by atoms with Gasteiger partial charge in [-0.2, -0.15) is 17.5 Å². The minimum atomic E-state index is -5.36. The Kier molecular flexibility index (Phi) is 13.0. The first-order valence-electron chi connectivity index (χ1n) is 14.7. The summed E-state index contributed by atoms with van der Waals surface area (Å²) in [6, 6.07) is -0.979. The van der Waals surface area contributed by atoms with Crippen LogP contribution in [0.5, 0.6) is 0 Å². The van der Waals surface area contributed by atoms with E-state index in [1.807, 2.05) is 0 Å². The first-order chi connectivity index (χ1) is 22.9. The summed E-state index contributed by atoms with van der Waals surface area (Å²) in [6.45, 7) is -1.54. The molecule has 2 unspecified atom stereocenters. The minimum Gasteiger partial charge on any atom is -0.389 e. The molecule has 4 rings (SSSR count). The highest BCUT2D eigenvalue weighted by atomic mass is 31.3. The number of hydrogen-bond acceptors (Lipinski definition) is 17. The van der Waals surface area contributed by atoms with Crippen molar-refractivity contribution in [3.8, 4) is 0 Å². The molecule has 2 fully saturated rings. The van der Waals surface area contributed by atoms with Gasteiger partial charge in [0.25, 0.3) is 0 Å². The lowest BCUT2D eigenvalue weighted by molar-refractivity contribution is -0.173. The van der Waals surface area contributed by atoms with Gasteiger partial charge >= 0.3 is 27.7 Å². The summed E-state index contributed by atoms with van der Waals surface area (Å²) in [5, 5.41) is 48.3. The third-order valence-corrected chi connectivity index (χ3v) is 10.0. The molecule has 1 amide bonds. The van der Waals surface area contributed by atoms with E-state index in [1.165, 1.54) is 4.57 Å². The molecule has 0 aromatic carbocycles. The predicted octanol–water partition coefficient (Wildman–Crippen LogP) is -1.38. The average molecular weight is 753 g/mol. The largest absolute Gasteiger partial charge is 0.481 e. The van der Waals surface area contributed by atoms with Crippen molar-refractivity contribution in [1.82, 2.24) is 30.2 Å². The molecule has 278 valence electrons. The number of β-amino-alcohol motifs (C(OH)–C–C–N with tert-alkyl or cyclic N) is 1. The fraction of sp³-hybridized carbons (Fsp3) is 0.739. The first kappa shape index (κ1) is 39.2. The predicted molar refractivity (Wildman–Crippen MR) is 158 cm³/mol. The number of hydrogen-bond donors (Lipinski definition) is 10. The summed E-state index contributed by atoms with van der Waals surface area (Å²) in [5.41, 5.74) is 6.09. The standard InChI is InChI=1S/C23H37F3N8O13P2/c24-23(25,26)21(39)28-5-3-1-2-4-6-29-22-33-14-18(27)31-10-32-19(14)34(22)20-17(38)16(37)13(46-20)9-45-49(42,43)47-48(40,41)44-8-11-15(36)12(35)7-30-11/h10-13,15-17,20,30,35-38H,1-9H2,(H,28,39)(H,29,33)(H,40,41)(H,42,43)(H2,27,31,32)/t11-,12+,13-,15-,16-,17-,20-/m1/s1. The number of imidazole rings is 1. The van der Waals surface area contributed by atoms with Crippen LogP contribution in [-0.2, 0) is 32.0 Å². The summed E-state index contributed by atoms with van der Waals surface area (Å²) in [7, 11) is -10.6. The second kappa shape index (κ2) is 16.2. The molecule has 49 heavy (non-hydrogen) atoms. The number of unbranched alkanes of at least 4 members (excludes halogenated alkanes) is 3. The second-order valence-electron chi connectivity index (χ2n) is 11.1. The number of amides is 1. The SMILES string of the molecule is Nc1ncnc2c1nc(NCCCCCCNC(=O)C(F)(F)F)n2[C@@H]1O[C@H](COP(=O)(O)OP(=O)(O)OC[C@H]2NC[C@H](O)[C@@H]2O)[C@@H](O)[C@H]1O. The van der Waals surface area contributed by atoms with Gasteiger partial charge in [0.05, 0.1) is 31.5 Å². The van der Waals surface area contributed by atoms with Gasteiger partial charge in [-0.3, -0.25) is 18.4 Å². The van der Waals surface area contributed by atoms with Crippen LogP contribution in [0, 0.1) is 0 Å². The molecule has 0 radical (unpaired) electrons. The lowest BCUT2D eigenvalue weighted by Gasteiger charge is -2.21. The van der Waals surface area contributed by atoms with Crippen LogP contribution in [0.3, 0.4) is 0 Å². The molecule has 11 N–H and O–H groups in total. The van der Waals surface area contributed by atoms with E-state index in [0.717, 1.165) is 6.33 Å². The maximum absolute atomic E-state index is 12.4. The van der Waals surface area contributed by atoms with Crippen LogP contribution in [0.2, 0.25) is 0 Å².